The zero-order chi connectivity index (χ0) is 23.9. The van der Waals surface area contributed by atoms with Crippen molar-refractivity contribution in [1.82, 2.24) is 14.7 Å². The summed E-state index contributed by atoms with van der Waals surface area (Å²) in [5.74, 6) is 1.68. The number of carbonyl (C=O) groups is 1. The Labute approximate surface area is 203 Å². The molecule has 1 saturated heterocycles. The Balaban J connectivity index is 1.54. The molecule has 34 heavy (non-hydrogen) atoms. The lowest BCUT2D eigenvalue weighted by Gasteiger charge is -2.27. The molecule has 0 N–H and O–H groups in total. The number of carbonyl (C=O) groups excluding carboxylic acids is 1. The van der Waals surface area contributed by atoms with E-state index in [1.54, 1.807) is 16.7 Å². The average Bonchev–Trinajstić information content (AvgIpc) is 2.86. The van der Waals surface area contributed by atoms with Gasteiger partial charge in [-0.2, -0.15) is 5.10 Å². The van der Waals surface area contributed by atoms with Gasteiger partial charge in [-0.25, -0.2) is 9.67 Å². The molecule has 0 aliphatic carbocycles. The fourth-order valence-electron chi connectivity index (χ4n) is 3.65. The fraction of sp³-hybridized carbons (Fsp3) is 0.308. The van der Waals surface area contributed by atoms with Crippen LogP contribution >= 0.6 is 11.8 Å². The molecule has 176 valence electrons. The maximum Gasteiger partial charge on any atom is 0.280 e. The topological polar surface area (TPSA) is 76.8 Å². The molecular formula is C26H28N4O3S. The van der Waals surface area contributed by atoms with Crippen molar-refractivity contribution in [3.8, 4) is 5.75 Å². The Kier molecular flexibility index (Phi) is 7.80. The lowest BCUT2D eigenvalue weighted by atomic mass is 10.0. The van der Waals surface area contributed by atoms with E-state index in [0.29, 0.717) is 17.6 Å². The van der Waals surface area contributed by atoms with Gasteiger partial charge < -0.3 is 4.74 Å². The van der Waals surface area contributed by atoms with Crippen LogP contribution in [0.3, 0.4) is 0 Å². The molecule has 2 heterocycles. The number of aliphatic imine (C=N–C) groups is 1. The first-order chi connectivity index (χ1) is 16.5. The molecule has 1 aliphatic rings. The highest BCUT2D eigenvalue weighted by atomic mass is 32.2. The second-order valence-corrected chi connectivity index (χ2v) is 9.27. The van der Waals surface area contributed by atoms with Crippen molar-refractivity contribution in [1.29, 1.82) is 0 Å². The van der Waals surface area contributed by atoms with E-state index in [1.807, 2.05) is 48.5 Å². The van der Waals surface area contributed by atoms with Crippen molar-refractivity contribution in [2.45, 2.75) is 32.7 Å². The number of amidine groups is 1. The van der Waals surface area contributed by atoms with Gasteiger partial charge in [-0.3, -0.25) is 14.5 Å². The molecule has 7 nitrogen and oxygen atoms in total. The van der Waals surface area contributed by atoms with Crippen molar-refractivity contribution in [3.05, 3.63) is 88.3 Å². The highest BCUT2D eigenvalue weighted by Crippen LogP contribution is 2.29. The normalized spacial score (nSPS) is 15.0. The highest BCUT2D eigenvalue weighted by molar-refractivity contribution is 8.13. The Bertz CT molecular complexity index is 1220. The van der Waals surface area contributed by atoms with E-state index in [2.05, 4.69) is 25.0 Å². The van der Waals surface area contributed by atoms with Gasteiger partial charge in [0.1, 0.15) is 18.1 Å². The summed E-state index contributed by atoms with van der Waals surface area (Å²) in [6.07, 6.45) is 0.867. The van der Waals surface area contributed by atoms with Crippen LogP contribution in [-0.2, 0) is 6.54 Å². The zero-order valence-corrected chi connectivity index (χ0v) is 20.2. The fourth-order valence-corrected chi connectivity index (χ4v) is 4.60. The second-order valence-electron chi connectivity index (χ2n) is 8.21. The van der Waals surface area contributed by atoms with Crippen LogP contribution in [0.15, 0.2) is 76.5 Å². The number of hydrogen-bond acceptors (Lipinski definition) is 6. The molecule has 0 spiro atoms. The predicted octanol–water partition coefficient (Wildman–Crippen LogP) is 4.71. The summed E-state index contributed by atoms with van der Waals surface area (Å²) in [4.78, 5) is 32.2. The monoisotopic (exact) mass is 476 g/mol. The second kappa shape index (κ2) is 11.2. The largest absolute Gasteiger partial charge is 0.492 e. The number of benzene rings is 2. The number of aromatic nitrogens is 2. The van der Waals surface area contributed by atoms with Crippen LogP contribution in [0, 0.1) is 0 Å². The van der Waals surface area contributed by atoms with Gasteiger partial charge in [-0.1, -0.05) is 62.0 Å². The summed E-state index contributed by atoms with van der Waals surface area (Å²) in [7, 11) is 0. The Hall–Kier alpha value is -3.39. The molecule has 0 bridgehead atoms. The number of para-hydroxylation sites is 2. The van der Waals surface area contributed by atoms with E-state index in [-0.39, 0.29) is 30.3 Å². The van der Waals surface area contributed by atoms with Gasteiger partial charge in [-0.05, 0) is 42.2 Å². The van der Waals surface area contributed by atoms with Crippen molar-refractivity contribution in [2.75, 3.05) is 18.9 Å². The summed E-state index contributed by atoms with van der Waals surface area (Å²) in [6, 6.07) is 20.2. The number of thioether (sulfide) groups is 1. The molecule has 1 fully saturated rings. The SMILES string of the molecule is CC(C)c1ccccc1N=C1SCCCN1C(=O)c1ccc(=O)n(CCOc2ccccc2)n1. The Morgan fingerprint density at radius 1 is 1.09 bits per heavy atom. The van der Waals surface area contributed by atoms with Crippen molar-refractivity contribution >= 4 is 28.5 Å². The van der Waals surface area contributed by atoms with Crippen LogP contribution in [0.25, 0.3) is 0 Å². The Morgan fingerprint density at radius 2 is 1.85 bits per heavy atom. The quantitative estimate of drug-likeness (QED) is 0.494. The molecule has 8 heteroatoms. The van der Waals surface area contributed by atoms with Gasteiger partial charge in [0.25, 0.3) is 11.5 Å². The third-order valence-corrected chi connectivity index (χ3v) is 6.47. The zero-order valence-electron chi connectivity index (χ0n) is 19.4. The highest BCUT2D eigenvalue weighted by Gasteiger charge is 2.26. The smallest absolute Gasteiger partial charge is 0.280 e. The first-order valence-electron chi connectivity index (χ1n) is 11.4. The number of amides is 1. The first-order valence-corrected chi connectivity index (χ1v) is 12.4. The lowest BCUT2D eigenvalue weighted by Crippen LogP contribution is -2.40. The third kappa shape index (κ3) is 5.75. The first kappa shape index (κ1) is 23.8. The molecule has 0 saturated carbocycles. The van der Waals surface area contributed by atoms with Crippen molar-refractivity contribution in [3.63, 3.8) is 0 Å². The lowest BCUT2D eigenvalue weighted by molar-refractivity contribution is 0.0840. The number of nitrogens with zero attached hydrogens (tertiary/aromatic N) is 4. The average molecular weight is 477 g/mol. The van der Waals surface area contributed by atoms with E-state index < -0.39 is 0 Å². The van der Waals surface area contributed by atoms with Crippen LogP contribution < -0.4 is 10.3 Å². The molecule has 2 aromatic carbocycles. The van der Waals surface area contributed by atoms with Crippen LogP contribution in [0.5, 0.6) is 5.75 Å². The van der Waals surface area contributed by atoms with E-state index in [0.717, 1.165) is 29.2 Å². The van der Waals surface area contributed by atoms with Gasteiger partial charge in [0, 0.05) is 18.4 Å². The molecular weight excluding hydrogens is 448 g/mol. The maximum atomic E-state index is 13.4. The molecule has 1 aliphatic heterocycles. The van der Waals surface area contributed by atoms with Crippen LogP contribution in [0.2, 0.25) is 0 Å². The molecule has 1 aromatic heterocycles. The van der Waals surface area contributed by atoms with Gasteiger partial charge >= 0.3 is 0 Å². The minimum atomic E-state index is -0.277. The van der Waals surface area contributed by atoms with E-state index >= 15 is 0 Å². The Morgan fingerprint density at radius 3 is 2.65 bits per heavy atom. The van der Waals surface area contributed by atoms with Gasteiger partial charge in [0.05, 0.1) is 12.2 Å². The van der Waals surface area contributed by atoms with Gasteiger partial charge in [0.2, 0.25) is 0 Å². The predicted molar refractivity (Wildman–Crippen MR) is 136 cm³/mol. The molecule has 1 amide bonds. The summed E-state index contributed by atoms with van der Waals surface area (Å²) in [6.45, 7) is 5.33. The van der Waals surface area contributed by atoms with Crippen LogP contribution in [0.1, 0.15) is 42.2 Å². The number of rotatable bonds is 7. The number of hydrogen-bond donors (Lipinski definition) is 0. The maximum absolute atomic E-state index is 13.4. The summed E-state index contributed by atoms with van der Waals surface area (Å²) in [5.41, 5.74) is 1.95. The third-order valence-electron chi connectivity index (χ3n) is 5.41. The molecule has 0 unspecified atom stereocenters. The standard InChI is InChI=1S/C26H28N4O3S/c1-19(2)21-11-6-7-12-22(21)27-26-29(15-8-18-34-26)25(32)23-13-14-24(31)30(28-23)16-17-33-20-9-4-3-5-10-20/h3-7,9-14,19H,8,15-18H2,1-2H3. The van der Waals surface area contributed by atoms with E-state index in [1.165, 1.54) is 16.8 Å². The number of ether oxygens (including phenoxy) is 1. The molecule has 4 rings (SSSR count). The molecule has 3 aromatic rings. The summed E-state index contributed by atoms with van der Waals surface area (Å²) in [5, 5.41) is 5.00. The van der Waals surface area contributed by atoms with Crippen molar-refractivity contribution in [2.24, 2.45) is 4.99 Å². The van der Waals surface area contributed by atoms with Gasteiger partial charge in [-0.15, -0.1) is 0 Å². The van der Waals surface area contributed by atoms with Crippen LogP contribution in [-0.4, -0.2) is 44.7 Å². The van der Waals surface area contributed by atoms with Crippen molar-refractivity contribution < 1.29 is 9.53 Å². The van der Waals surface area contributed by atoms with Crippen LogP contribution in [0.4, 0.5) is 5.69 Å². The van der Waals surface area contributed by atoms with Gasteiger partial charge in [0.15, 0.2) is 5.17 Å². The minimum Gasteiger partial charge on any atom is -0.492 e. The summed E-state index contributed by atoms with van der Waals surface area (Å²) >= 11 is 1.57. The van der Waals surface area contributed by atoms with E-state index in [9.17, 15) is 9.59 Å². The summed E-state index contributed by atoms with van der Waals surface area (Å²) < 4.78 is 6.95. The minimum absolute atomic E-state index is 0.214. The van der Waals surface area contributed by atoms with E-state index in [4.69, 9.17) is 9.73 Å². The molecule has 0 radical (unpaired) electrons. The molecule has 0 atom stereocenters.